The van der Waals surface area contributed by atoms with E-state index < -0.39 is 0 Å². The van der Waals surface area contributed by atoms with Crippen LogP contribution in [0.25, 0.3) is 0 Å². The molecule has 1 amide bonds. The Balaban J connectivity index is 1.99. The molecule has 0 aliphatic carbocycles. The van der Waals surface area contributed by atoms with Crippen LogP contribution in [0, 0.1) is 11.8 Å². The van der Waals surface area contributed by atoms with Gasteiger partial charge in [-0.05, 0) is 18.6 Å². The Morgan fingerprint density at radius 2 is 2.33 bits per heavy atom. The van der Waals surface area contributed by atoms with E-state index in [0.717, 1.165) is 22.6 Å². The summed E-state index contributed by atoms with van der Waals surface area (Å²) in [5.74, 6) is 5.23. The fraction of sp³-hybridized carbons (Fsp3) is 0.333. The standard InChI is InChI=1S/C15H17N3O2S/c1-3-13-11(10-18(2)17-13)9-16-15(20)14-7-6-12(21-14)5-4-8-19/h6-7,10,19H,3,8-9H2,1-2H3,(H,16,20). The second-order valence-corrected chi connectivity index (χ2v) is 5.52. The second-order valence-electron chi connectivity index (χ2n) is 4.43. The van der Waals surface area contributed by atoms with Gasteiger partial charge in [-0.15, -0.1) is 11.3 Å². The smallest absolute Gasteiger partial charge is 0.261 e. The Labute approximate surface area is 127 Å². The topological polar surface area (TPSA) is 67.2 Å². The third kappa shape index (κ3) is 3.94. The van der Waals surface area contributed by atoms with Crippen LogP contribution in [0.2, 0.25) is 0 Å². The highest BCUT2D eigenvalue weighted by Crippen LogP contribution is 2.15. The molecule has 2 rings (SSSR count). The molecule has 0 spiro atoms. The molecule has 2 N–H and O–H groups in total. The molecular formula is C15H17N3O2S. The fourth-order valence-corrected chi connectivity index (χ4v) is 2.74. The maximum atomic E-state index is 12.1. The van der Waals surface area contributed by atoms with Crippen molar-refractivity contribution in [1.82, 2.24) is 15.1 Å². The number of hydrogen-bond donors (Lipinski definition) is 2. The van der Waals surface area contributed by atoms with Gasteiger partial charge in [0, 0.05) is 25.4 Å². The Hall–Kier alpha value is -2.10. The Kier molecular flexibility index (Phi) is 5.14. The number of nitrogens with zero attached hydrogens (tertiary/aromatic N) is 2. The van der Waals surface area contributed by atoms with Gasteiger partial charge in [0.1, 0.15) is 6.61 Å². The van der Waals surface area contributed by atoms with Crippen molar-refractivity contribution >= 4 is 17.2 Å². The SMILES string of the molecule is CCc1nn(C)cc1CNC(=O)c1ccc(C#CCO)s1. The minimum absolute atomic E-state index is 0.122. The first-order chi connectivity index (χ1) is 10.1. The molecule has 0 radical (unpaired) electrons. The van der Waals surface area contributed by atoms with Gasteiger partial charge in [0.05, 0.1) is 15.4 Å². The molecular weight excluding hydrogens is 286 g/mol. The van der Waals surface area contributed by atoms with Gasteiger partial charge >= 0.3 is 0 Å². The molecule has 0 saturated heterocycles. The maximum Gasteiger partial charge on any atom is 0.261 e. The van der Waals surface area contributed by atoms with E-state index in [9.17, 15) is 4.79 Å². The predicted octanol–water partition coefficient (Wildman–Crippen LogP) is 1.32. The van der Waals surface area contributed by atoms with E-state index in [-0.39, 0.29) is 12.5 Å². The van der Waals surface area contributed by atoms with Crippen LogP contribution in [0.15, 0.2) is 18.3 Å². The first kappa shape index (κ1) is 15.3. The van der Waals surface area contributed by atoms with Crippen molar-refractivity contribution in [2.45, 2.75) is 19.9 Å². The molecule has 0 bridgehead atoms. The summed E-state index contributed by atoms with van der Waals surface area (Å²) < 4.78 is 1.76. The van der Waals surface area contributed by atoms with Gasteiger partial charge in [0.15, 0.2) is 0 Å². The number of amides is 1. The van der Waals surface area contributed by atoms with Crippen LogP contribution in [0.4, 0.5) is 0 Å². The number of thiophene rings is 1. The summed E-state index contributed by atoms with van der Waals surface area (Å²) in [6.07, 6.45) is 2.76. The normalized spacial score (nSPS) is 10.0. The van der Waals surface area contributed by atoms with Crippen molar-refractivity contribution in [2.75, 3.05) is 6.61 Å². The zero-order valence-electron chi connectivity index (χ0n) is 12.0. The van der Waals surface area contributed by atoms with Crippen LogP contribution < -0.4 is 5.32 Å². The number of aryl methyl sites for hydroxylation is 2. The predicted molar refractivity (Wildman–Crippen MR) is 82.0 cm³/mol. The van der Waals surface area contributed by atoms with Gasteiger partial charge in [-0.3, -0.25) is 9.48 Å². The lowest BCUT2D eigenvalue weighted by atomic mass is 10.2. The summed E-state index contributed by atoms with van der Waals surface area (Å²) in [7, 11) is 1.87. The van der Waals surface area contributed by atoms with Crippen molar-refractivity contribution in [3.05, 3.63) is 39.3 Å². The second kappa shape index (κ2) is 7.07. The number of aliphatic hydroxyl groups is 1. The molecule has 110 valence electrons. The number of carbonyl (C=O) groups is 1. The Morgan fingerprint density at radius 3 is 3.05 bits per heavy atom. The highest BCUT2D eigenvalue weighted by atomic mass is 32.1. The molecule has 21 heavy (non-hydrogen) atoms. The first-order valence-corrected chi connectivity index (χ1v) is 7.44. The number of aliphatic hydroxyl groups excluding tert-OH is 1. The van der Waals surface area contributed by atoms with E-state index in [0.29, 0.717) is 11.4 Å². The minimum atomic E-state index is -0.180. The third-order valence-electron chi connectivity index (χ3n) is 2.89. The molecule has 0 aromatic carbocycles. The van der Waals surface area contributed by atoms with Crippen LogP contribution in [-0.4, -0.2) is 27.4 Å². The van der Waals surface area contributed by atoms with Crippen LogP contribution >= 0.6 is 11.3 Å². The van der Waals surface area contributed by atoms with E-state index in [1.54, 1.807) is 16.8 Å². The monoisotopic (exact) mass is 303 g/mol. The summed E-state index contributed by atoms with van der Waals surface area (Å²) in [5.41, 5.74) is 2.03. The Bertz CT molecular complexity index is 691. The number of nitrogens with one attached hydrogen (secondary N) is 1. The van der Waals surface area contributed by atoms with Gasteiger partial charge in [0.25, 0.3) is 5.91 Å². The van der Waals surface area contributed by atoms with E-state index >= 15 is 0 Å². The van der Waals surface area contributed by atoms with Crippen molar-refractivity contribution in [1.29, 1.82) is 0 Å². The third-order valence-corrected chi connectivity index (χ3v) is 3.89. The zero-order chi connectivity index (χ0) is 15.2. The molecule has 0 saturated carbocycles. The van der Waals surface area contributed by atoms with Crippen LogP contribution in [0.5, 0.6) is 0 Å². The van der Waals surface area contributed by atoms with Gasteiger partial charge < -0.3 is 10.4 Å². The summed E-state index contributed by atoms with van der Waals surface area (Å²) in [6.45, 7) is 2.32. The lowest BCUT2D eigenvalue weighted by Gasteiger charge is -2.02. The number of carbonyl (C=O) groups excluding carboxylic acids is 1. The van der Waals surface area contributed by atoms with Gasteiger partial charge in [0.2, 0.25) is 0 Å². The van der Waals surface area contributed by atoms with Crippen molar-refractivity contribution < 1.29 is 9.90 Å². The maximum absolute atomic E-state index is 12.1. The summed E-state index contributed by atoms with van der Waals surface area (Å²) in [5, 5.41) is 15.9. The van der Waals surface area contributed by atoms with E-state index in [1.807, 2.05) is 20.2 Å². The van der Waals surface area contributed by atoms with Gasteiger partial charge in [-0.2, -0.15) is 5.10 Å². The number of rotatable bonds is 4. The molecule has 2 aromatic heterocycles. The highest BCUT2D eigenvalue weighted by Gasteiger charge is 2.11. The molecule has 6 heteroatoms. The fourth-order valence-electron chi connectivity index (χ4n) is 1.95. The van der Waals surface area contributed by atoms with E-state index in [2.05, 4.69) is 22.3 Å². The average Bonchev–Trinajstić information content (AvgIpc) is 3.08. The van der Waals surface area contributed by atoms with Gasteiger partial charge in [-0.1, -0.05) is 18.8 Å². The van der Waals surface area contributed by atoms with Crippen molar-refractivity contribution in [3.63, 3.8) is 0 Å². The zero-order valence-corrected chi connectivity index (χ0v) is 12.8. The summed E-state index contributed by atoms with van der Waals surface area (Å²) in [6, 6.07) is 3.52. The first-order valence-electron chi connectivity index (χ1n) is 6.63. The molecule has 0 fully saturated rings. The number of hydrogen-bond acceptors (Lipinski definition) is 4. The molecule has 0 unspecified atom stereocenters. The van der Waals surface area contributed by atoms with Crippen LogP contribution in [0.3, 0.4) is 0 Å². The highest BCUT2D eigenvalue weighted by molar-refractivity contribution is 7.14. The molecule has 2 aromatic rings. The largest absolute Gasteiger partial charge is 0.384 e. The van der Waals surface area contributed by atoms with E-state index in [1.165, 1.54) is 11.3 Å². The summed E-state index contributed by atoms with van der Waals surface area (Å²) in [4.78, 5) is 13.5. The van der Waals surface area contributed by atoms with Gasteiger partial charge in [-0.25, -0.2) is 0 Å². The summed E-state index contributed by atoms with van der Waals surface area (Å²) >= 11 is 1.31. The Morgan fingerprint density at radius 1 is 1.52 bits per heavy atom. The van der Waals surface area contributed by atoms with Crippen LogP contribution in [0.1, 0.15) is 32.7 Å². The molecule has 2 heterocycles. The molecule has 5 nitrogen and oxygen atoms in total. The molecule has 0 aliphatic rings. The molecule has 0 aliphatic heterocycles. The molecule has 0 atom stereocenters. The quantitative estimate of drug-likeness (QED) is 0.837. The van der Waals surface area contributed by atoms with E-state index in [4.69, 9.17) is 5.11 Å². The van der Waals surface area contributed by atoms with Crippen molar-refractivity contribution in [3.8, 4) is 11.8 Å². The average molecular weight is 303 g/mol. The minimum Gasteiger partial charge on any atom is -0.384 e. The van der Waals surface area contributed by atoms with Crippen molar-refractivity contribution in [2.24, 2.45) is 7.05 Å². The lowest BCUT2D eigenvalue weighted by Crippen LogP contribution is -2.22. The van der Waals surface area contributed by atoms with Crippen LogP contribution in [-0.2, 0) is 20.0 Å². The lowest BCUT2D eigenvalue weighted by molar-refractivity contribution is 0.0955. The number of aromatic nitrogens is 2.